The van der Waals surface area contributed by atoms with Gasteiger partial charge in [0.1, 0.15) is 72.9 Å². The molecule has 3 saturated carbocycles. The summed E-state index contributed by atoms with van der Waals surface area (Å²) in [5, 5.41) is 99.7. The van der Waals surface area contributed by atoms with E-state index in [9.17, 15) is 46.0 Å². The Labute approximate surface area is 364 Å². The molecule has 4 aliphatic carbocycles. The van der Waals surface area contributed by atoms with Gasteiger partial charge in [-0.15, -0.1) is 0 Å². The number of fused-ring (bicyclic) bond motifs is 7. The van der Waals surface area contributed by atoms with E-state index in [1.165, 1.54) is 25.3 Å². The topological polar surface area (TPSA) is 259 Å². The van der Waals surface area contributed by atoms with Gasteiger partial charge in [0.05, 0.1) is 31.5 Å². The van der Waals surface area contributed by atoms with E-state index in [0.29, 0.717) is 48.3 Å². The van der Waals surface area contributed by atoms with Gasteiger partial charge in [-0.3, -0.25) is 5.32 Å². The third kappa shape index (κ3) is 7.49. The molecule has 17 nitrogen and oxygen atoms in total. The standard InChI is InChI=1S/C45H73NO16/c1-19-8-13-45(46-16-19)20(2)30-27(62-45)15-26-24-7-6-22-14-23(9-11-43(22,4)25(24)10-12-44(26,30)5)57-42-39(61-40-36(54)34(52)31(49)21(3)56-40)38(33(51)29(18-48)59-42)60-41-37(55)35(53)32(50)28(17-47)58-41/h6,19-21,23-42,46-55H,7-18H2,1-5H3/t19-,20?,21?,23?,24?,25?,26?,27?,28?,29?,30?,31?,32?,33?,34?,35?,36?,37?,38?,39?,40?,41?,42?,43?,44?,45-/m1/s1. The Morgan fingerprint density at radius 1 is 0.694 bits per heavy atom. The number of hydrogen-bond donors (Lipinski definition) is 10. The van der Waals surface area contributed by atoms with Gasteiger partial charge in [-0.05, 0) is 105 Å². The molecule has 0 aromatic carbocycles. The molecule has 0 amide bonds. The minimum absolute atomic E-state index is 0.0361. The van der Waals surface area contributed by atoms with Gasteiger partial charge in [-0.25, -0.2) is 0 Å². The molecule has 9 rings (SSSR count). The molecule has 0 radical (unpaired) electrons. The van der Waals surface area contributed by atoms with E-state index in [-0.39, 0.29) is 22.7 Å². The summed E-state index contributed by atoms with van der Waals surface area (Å²) in [6.45, 7) is 10.8. The van der Waals surface area contributed by atoms with Gasteiger partial charge in [0, 0.05) is 12.5 Å². The van der Waals surface area contributed by atoms with Crippen LogP contribution in [0.25, 0.3) is 0 Å². The first-order valence-corrected chi connectivity index (χ1v) is 23.5. The van der Waals surface area contributed by atoms with Crippen LogP contribution in [0.5, 0.6) is 0 Å². The van der Waals surface area contributed by atoms with Crippen molar-refractivity contribution in [3.63, 3.8) is 0 Å². The molecular weight excluding hydrogens is 810 g/mol. The summed E-state index contributed by atoms with van der Waals surface area (Å²) in [5.74, 6) is 3.32. The van der Waals surface area contributed by atoms with Crippen molar-refractivity contribution in [2.45, 2.75) is 202 Å². The van der Waals surface area contributed by atoms with Crippen molar-refractivity contribution < 1.29 is 79.1 Å². The highest BCUT2D eigenvalue weighted by Crippen LogP contribution is 2.70. The second-order valence-corrected chi connectivity index (χ2v) is 21.2. The van der Waals surface area contributed by atoms with E-state index in [4.69, 9.17) is 33.2 Å². The van der Waals surface area contributed by atoms with Crippen molar-refractivity contribution in [3.05, 3.63) is 11.6 Å². The van der Waals surface area contributed by atoms with Crippen molar-refractivity contribution in [2.75, 3.05) is 19.8 Å². The van der Waals surface area contributed by atoms with Gasteiger partial charge in [0.15, 0.2) is 18.9 Å². The molecule has 8 fully saturated rings. The van der Waals surface area contributed by atoms with Crippen LogP contribution < -0.4 is 5.32 Å². The number of allylic oxidation sites excluding steroid dienone is 1. The Morgan fingerprint density at radius 2 is 1.35 bits per heavy atom. The van der Waals surface area contributed by atoms with E-state index < -0.39 is 111 Å². The highest BCUT2D eigenvalue weighted by atomic mass is 16.8. The van der Waals surface area contributed by atoms with Crippen molar-refractivity contribution in [3.8, 4) is 0 Å². The summed E-state index contributed by atoms with van der Waals surface area (Å²) < 4.78 is 43.9. The van der Waals surface area contributed by atoms with E-state index in [0.717, 1.165) is 38.6 Å². The molecule has 1 spiro atoms. The summed E-state index contributed by atoms with van der Waals surface area (Å²) >= 11 is 0. The van der Waals surface area contributed by atoms with Crippen LogP contribution in [0.15, 0.2) is 11.6 Å². The number of piperidine rings is 1. The fraction of sp³-hybridized carbons (Fsp3) is 0.956. The van der Waals surface area contributed by atoms with Crippen LogP contribution in [-0.4, -0.2) is 176 Å². The van der Waals surface area contributed by atoms with E-state index in [1.807, 2.05) is 0 Å². The zero-order valence-electron chi connectivity index (χ0n) is 36.7. The third-order valence-corrected chi connectivity index (χ3v) is 17.9. The molecule has 5 saturated heterocycles. The summed E-state index contributed by atoms with van der Waals surface area (Å²) in [7, 11) is 0. The lowest BCUT2D eigenvalue weighted by Gasteiger charge is -2.59. The average molecular weight is 884 g/mol. The highest BCUT2D eigenvalue weighted by molar-refractivity contribution is 5.26. The van der Waals surface area contributed by atoms with Crippen molar-refractivity contribution in [2.24, 2.45) is 46.3 Å². The van der Waals surface area contributed by atoms with Gasteiger partial charge in [-0.2, -0.15) is 0 Å². The van der Waals surface area contributed by atoms with Gasteiger partial charge in [-0.1, -0.05) is 39.3 Å². The Hall–Kier alpha value is -0.940. The van der Waals surface area contributed by atoms with Crippen LogP contribution in [-0.2, 0) is 33.2 Å². The minimum Gasteiger partial charge on any atom is -0.394 e. The number of aliphatic hydroxyl groups excluding tert-OH is 9. The smallest absolute Gasteiger partial charge is 0.187 e. The van der Waals surface area contributed by atoms with Gasteiger partial charge >= 0.3 is 0 Å². The predicted molar refractivity (Wildman–Crippen MR) is 216 cm³/mol. The van der Waals surface area contributed by atoms with Gasteiger partial charge in [0.2, 0.25) is 0 Å². The maximum absolute atomic E-state index is 11.6. The maximum atomic E-state index is 11.6. The summed E-state index contributed by atoms with van der Waals surface area (Å²) in [6.07, 6.45) is -11.9. The molecule has 62 heavy (non-hydrogen) atoms. The molecule has 354 valence electrons. The fourth-order valence-corrected chi connectivity index (χ4v) is 14.2. The quantitative estimate of drug-likeness (QED) is 0.142. The largest absolute Gasteiger partial charge is 0.394 e. The third-order valence-electron chi connectivity index (χ3n) is 17.9. The lowest BCUT2D eigenvalue weighted by atomic mass is 9.47. The van der Waals surface area contributed by atoms with Crippen molar-refractivity contribution in [1.29, 1.82) is 0 Å². The molecule has 0 bridgehead atoms. The van der Waals surface area contributed by atoms with Crippen LogP contribution >= 0.6 is 0 Å². The number of aliphatic hydroxyl groups is 9. The second kappa shape index (κ2) is 17.3. The van der Waals surface area contributed by atoms with Crippen LogP contribution in [0.4, 0.5) is 0 Å². The minimum atomic E-state index is -1.84. The SMILES string of the molecule is CC1OC(OC2C(OC3CCC4(C)C(=CCC5C4CCC4(C)C5CC5O[C@]6(CC[C@@H](C)CN6)C(C)C54)C3)OC(CO)C(O)C2OC2OC(CO)C(O)C(O)C2O)C(O)C(O)C1O. The Balaban J connectivity index is 0.940. The highest BCUT2D eigenvalue weighted by Gasteiger charge is 2.68. The zero-order valence-corrected chi connectivity index (χ0v) is 36.7. The van der Waals surface area contributed by atoms with E-state index in [2.05, 4.69) is 39.1 Å². The molecule has 9 aliphatic rings. The lowest BCUT2D eigenvalue weighted by Crippen LogP contribution is -2.67. The second-order valence-electron chi connectivity index (χ2n) is 21.2. The van der Waals surface area contributed by atoms with Crippen molar-refractivity contribution in [1.82, 2.24) is 5.32 Å². The van der Waals surface area contributed by atoms with Crippen LogP contribution in [0.2, 0.25) is 0 Å². The molecule has 5 heterocycles. The van der Waals surface area contributed by atoms with Crippen LogP contribution in [0.1, 0.15) is 92.4 Å². The molecule has 17 heteroatoms. The summed E-state index contributed by atoms with van der Waals surface area (Å²) in [5.41, 5.74) is 1.32. The van der Waals surface area contributed by atoms with E-state index in [1.54, 1.807) is 0 Å². The first-order chi connectivity index (χ1) is 29.4. The number of ether oxygens (including phenoxy) is 7. The van der Waals surface area contributed by atoms with Crippen molar-refractivity contribution >= 4 is 0 Å². The Kier molecular flexibility index (Phi) is 12.9. The normalized spacial score (nSPS) is 57.6. The molecule has 5 aliphatic heterocycles. The average Bonchev–Trinajstić information content (AvgIpc) is 3.70. The van der Waals surface area contributed by atoms with E-state index >= 15 is 0 Å². The molecule has 10 N–H and O–H groups in total. The monoisotopic (exact) mass is 883 g/mol. The first kappa shape index (κ1) is 46.2. The van der Waals surface area contributed by atoms with Gasteiger partial charge < -0.3 is 79.1 Å². The van der Waals surface area contributed by atoms with Crippen LogP contribution in [0, 0.1) is 46.3 Å². The number of hydrogen-bond acceptors (Lipinski definition) is 17. The Bertz CT molecular complexity index is 1610. The lowest BCUT2D eigenvalue weighted by molar-refractivity contribution is -0.394. The molecule has 0 aromatic heterocycles. The predicted octanol–water partition coefficient (Wildman–Crippen LogP) is -0.213. The summed E-state index contributed by atoms with van der Waals surface area (Å²) in [4.78, 5) is 0. The fourth-order valence-electron chi connectivity index (χ4n) is 14.2. The summed E-state index contributed by atoms with van der Waals surface area (Å²) in [6, 6.07) is 0. The number of nitrogens with one attached hydrogen (secondary N) is 1. The molecule has 0 aromatic rings. The molecule has 24 unspecified atom stereocenters. The zero-order chi connectivity index (χ0) is 44.2. The van der Waals surface area contributed by atoms with Gasteiger partial charge in [0.25, 0.3) is 0 Å². The Morgan fingerprint density at radius 3 is 2.05 bits per heavy atom. The number of rotatable bonds is 8. The first-order valence-electron chi connectivity index (χ1n) is 23.5. The maximum Gasteiger partial charge on any atom is 0.187 e. The van der Waals surface area contributed by atoms with Crippen LogP contribution in [0.3, 0.4) is 0 Å². The molecule has 26 atom stereocenters. The molecular formula is C45H73NO16.